The molecular formula is C13H18N4O2. The average molecular weight is 262 g/mol. The highest BCUT2D eigenvalue weighted by Gasteiger charge is 2.10. The van der Waals surface area contributed by atoms with E-state index in [1.165, 1.54) is 0 Å². The number of hydrogen-bond donors (Lipinski definition) is 0. The molecule has 3 rings (SSSR count). The van der Waals surface area contributed by atoms with E-state index in [-0.39, 0.29) is 5.69 Å². The van der Waals surface area contributed by atoms with Crippen molar-refractivity contribution >= 4 is 5.65 Å². The number of fused-ring (bicyclic) bond motifs is 1. The molecule has 6 heteroatoms. The van der Waals surface area contributed by atoms with Gasteiger partial charge in [-0.15, -0.1) is 5.10 Å². The van der Waals surface area contributed by atoms with Gasteiger partial charge in [0.1, 0.15) is 0 Å². The highest BCUT2D eigenvalue weighted by atomic mass is 16.5. The highest BCUT2D eigenvalue weighted by molar-refractivity contribution is 5.35. The van der Waals surface area contributed by atoms with E-state index >= 15 is 0 Å². The van der Waals surface area contributed by atoms with Gasteiger partial charge in [0.25, 0.3) is 0 Å². The molecule has 0 radical (unpaired) electrons. The molecule has 0 saturated carbocycles. The van der Waals surface area contributed by atoms with E-state index < -0.39 is 0 Å². The predicted octanol–water partition coefficient (Wildman–Crippen LogP) is 0.218. The number of aromatic nitrogens is 3. The molecule has 1 aliphatic heterocycles. The number of aryl methyl sites for hydroxylation is 1. The monoisotopic (exact) mass is 262 g/mol. The summed E-state index contributed by atoms with van der Waals surface area (Å²) in [7, 11) is 0. The molecule has 19 heavy (non-hydrogen) atoms. The van der Waals surface area contributed by atoms with Crippen molar-refractivity contribution in [2.24, 2.45) is 0 Å². The molecule has 1 fully saturated rings. The Bertz CT molecular complexity index is 598. The van der Waals surface area contributed by atoms with E-state index in [1.54, 1.807) is 15.3 Å². The lowest BCUT2D eigenvalue weighted by molar-refractivity contribution is 0.0368. The highest BCUT2D eigenvalue weighted by Crippen LogP contribution is 2.00. The van der Waals surface area contributed by atoms with Crippen molar-refractivity contribution < 1.29 is 4.74 Å². The summed E-state index contributed by atoms with van der Waals surface area (Å²) >= 11 is 0. The molecule has 102 valence electrons. The van der Waals surface area contributed by atoms with Crippen LogP contribution in [-0.4, -0.2) is 51.9 Å². The van der Waals surface area contributed by atoms with Gasteiger partial charge in [0, 0.05) is 32.4 Å². The van der Waals surface area contributed by atoms with Crippen LogP contribution < -0.4 is 5.69 Å². The molecule has 6 nitrogen and oxygen atoms in total. The van der Waals surface area contributed by atoms with Crippen LogP contribution in [0.15, 0.2) is 29.2 Å². The molecule has 0 unspecified atom stereocenters. The zero-order chi connectivity index (χ0) is 13.1. The maximum atomic E-state index is 12.0. The summed E-state index contributed by atoms with van der Waals surface area (Å²) in [6.45, 7) is 5.25. The van der Waals surface area contributed by atoms with Gasteiger partial charge in [-0.05, 0) is 18.6 Å². The second-order valence-corrected chi connectivity index (χ2v) is 4.74. The Kier molecular flexibility index (Phi) is 3.61. The Morgan fingerprint density at radius 3 is 2.84 bits per heavy atom. The minimum absolute atomic E-state index is 0.0578. The molecule has 0 N–H and O–H groups in total. The van der Waals surface area contributed by atoms with E-state index in [2.05, 4.69) is 10.00 Å². The van der Waals surface area contributed by atoms with Crippen LogP contribution in [0.2, 0.25) is 0 Å². The predicted molar refractivity (Wildman–Crippen MR) is 71.3 cm³/mol. The van der Waals surface area contributed by atoms with Gasteiger partial charge in [0.05, 0.1) is 13.2 Å². The van der Waals surface area contributed by atoms with Gasteiger partial charge in [-0.25, -0.2) is 9.48 Å². The molecule has 1 saturated heterocycles. The van der Waals surface area contributed by atoms with Gasteiger partial charge in [0.2, 0.25) is 0 Å². The first-order chi connectivity index (χ1) is 9.34. The molecule has 2 aromatic rings. The standard InChI is InChI=1S/C13H18N4O2/c18-13-16-6-2-1-4-12(16)14-17(13)7-3-5-15-8-10-19-11-9-15/h1-2,4,6H,3,5,7-11H2. The van der Waals surface area contributed by atoms with Crippen LogP contribution in [0.3, 0.4) is 0 Å². The summed E-state index contributed by atoms with van der Waals surface area (Å²) in [5.41, 5.74) is 0.649. The number of pyridine rings is 1. The molecule has 0 bridgehead atoms. The second-order valence-electron chi connectivity index (χ2n) is 4.74. The zero-order valence-electron chi connectivity index (χ0n) is 10.9. The second kappa shape index (κ2) is 5.54. The van der Waals surface area contributed by atoms with E-state index in [4.69, 9.17) is 4.74 Å². The maximum absolute atomic E-state index is 12.0. The summed E-state index contributed by atoms with van der Waals surface area (Å²) in [5, 5.41) is 4.32. The first-order valence-electron chi connectivity index (χ1n) is 6.69. The van der Waals surface area contributed by atoms with E-state index in [1.807, 2.05) is 18.2 Å². The van der Waals surface area contributed by atoms with Crippen molar-refractivity contribution in [3.05, 3.63) is 34.9 Å². The zero-order valence-corrected chi connectivity index (χ0v) is 10.9. The van der Waals surface area contributed by atoms with E-state index in [0.717, 1.165) is 39.3 Å². The number of morpholine rings is 1. The smallest absolute Gasteiger partial charge is 0.350 e. The molecule has 0 spiro atoms. The lowest BCUT2D eigenvalue weighted by Gasteiger charge is -2.26. The number of ether oxygens (including phenoxy) is 1. The SMILES string of the molecule is O=c1n(CCCN2CCOCC2)nc2ccccn12. The molecule has 0 atom stereocenters. The molecule has 1 aliphatic rings. The summed E-state index contributed by atoms with van der Waals surface area (Å²) in [5.74, 6) is 0. The number of hydrogen-bond acceptors (Lipinski definition) is 4. The summed E-state index contributed by atoms with van der Waals surface area (Å²) in [6.07, 6.45) is 2.69. The van der Waals surface area contributed by atoms with Crippen molar-refractivity contribution in [1.29, 1.82) is 0 Å². The lowest BCUT2D eigenvalue weighted by atomic mass is 10.3. The molecular weight excluding hydrogens is 244 g/mol. The van der Waals surface area contributed by atoms with Crippen molar-refractivity contribution in [2.75, 3.05) is 32.8 Å². The quantitative estimate of drug-likeness (QED) is 0.791. The van der Waals surface area contributed by atoms with Crippen molar-refractivity contribution in [3.8, 4) is 0 Å². The molecule has 3 heterocycles. The van der Waals surface area contributed by atoms with Gasteiger partial charge >= 0.3 is 5.69 Å². The van der Waals surface area contributed by atoms with Crippen LogP contribution in [0.25, 0.3) is 5.65 Å². The fraction of sp³-hybridized carbons (Fsp3) is 0.538. The summed E-state index contributed by atoms with van der Waals surface area (Å²) in [6, 6.07) is 5.58. The average Bonchev–Trinajstić information content (AvgIpc) is 2.78. The fourth-order valence-electron chi connectivity index (χ4n) is 2.38. The maximum Gasteiger partial charge on any atom is 0.350 e. The van der Waals surface area contributed by atoms with Crippen molar-refractivity contribution in [2.45, 2.75) is 13.0 Å². The molecule has 0 aromatic carbocycles. The van der Waals surface area contributed by atoms with E-state index in [0.29, 0.717) is 12.2 Å². The van der Waals surface area contributed by atoms with Crippen LogP contribution in [0, 0.1) is 0 Å². The van der Waals surface area contributed by atoms with Crippen LogP contribution in [0.1, 0.15) is 6.42 Å². The lowest BCUT2D eigenvalue weighted by Crippen LogP contribution is -2.37. The molecule has 0 aliphatic carbocycles. The first kappa shape index (κ1) is 12.4. The normalized spacial score (nSPS) is 17.1. The van der Waals surface area contributed by atoms with E-state index in [9.17, 15) is 4.79 Å². The first-order valence-corrected chi connectivity index (χ1v) is 6.69. The van der Waals surface area contributed by atoms with Gasteiger partial charge in [-0.1, -0.05) is 6.07 Å². The summed E-state index contributed by atoms with van der Waals surface area (Å²) < 4.78 is 8.44. The van der Waals surface area contributed by atoms with Gasteiger partial charge in [0.15, 0.2) is 5.65 Å². The fourth-order valence-corrected chi connectivity index (χ4v) is 2.38. The topological polar surface area (TPSA) is 51.8 Å². The number of rotatable bonds is 4. The number of nitrogens with zero attached hydrogens (tertiary/aromatic N) is 4. The third-order valence-corrected chi connectivity index (χ3v) is 3.44. The Balaban J connectivity index is 1.62. The van der Waals surface area contributed by atoms with Gasteiger partial charge in [-0.3, -0.25) is 9.30 Å². The van der Waals surface area contributed by atoms with Crippen LogP contribution >= 0.6 is 0 Å². The minimum atomic E-state index is -0.0578. The third-order valence-electron chi connectivity index (χ3n) is 3.44. The Labute approximate surface area is 111 Å². The largest absolute Gasteiger partial charge is 0.379 e. The van der Waals surface area contributed by atoms with Crippen LogP contribution in [0.5, 0.6) is 0 Å². The van der Waals surface area contributed by atoms with Crippen LogP contribution in [0.4, 0.5) is 0 Å². The Morgan fingerprint density at radius 2 is 2.05 bits per heavy atom. The Morgan fingerprint density at radius 1 is 1.21 bits per heavy atom. The van der Waals surface area contributed by atoms with Gasteiger partial charge < -0.3 is 4.74 Å². The van der Waals surface area contributed by atoms with Gasteiger partial charge in [-0.2, -0.15) is 0 Å². The molecule has 0 amide bonds. The van der Waals surface area contributed by atoms with Crippen molar-refractivity contribution in [1.82, 2.24) is 19.1 Å². The minimum Gasteiger partial charge on any atom is -0.379 e. The summed E-state index contributed by atoms with van der Waals surface area (Å²) in [4.78, 5) is 14.4. The Hall–Kier alpha value is -1.66. The van der Waals surface area contributed by atoms with Crippen LogP contribution in [-0.2, 0) is 11.3 Å². The third kappa shape index (κ3) is 2.69. The van der Waals surface area contributed by atoms with Crippen molar-refractivity contribution in [3.63, 3.8) is 0 Å². The molecule has 2 aromatic heterocycles.